The van der Waals surface area contributed by atoms with Gasteiger partial charge in [0.2, 0.25) is 0 Å². The molecule has 0 saturated heterocycles. The molecule has 0 aromatic heterocycles. The molecule has 0 aromatic carbocycles. The first-order valence-corrected chi connectivity index (χ1v) is 2.25. The van der Waals surface area contributed by atoms with Gasteiger partial charge < -0.3 is 0 Å². The molecule has 1 radical (unpaired) electrons. The molecule has 3 nitrogen and oxygen atoms in total. The van der Waals surface area contributed by atoms with Crippen molar-refractivity contribution in [3.05, 3.63) is 0 Å². The molecule has 0 saturated carbocycles. The van der Waals surface area contributed by atoms with E-state index in [2.05, 4.69) is 0 Å². The van der Waals surface area contributed by atoms with Gasteiger partial charge in [0.05, 0.1) is 0 Å². The third-order valence-corrected chi connectivity index (χ3v) is 0. The van der Waals surface area contributed by atoms with Gasteiger partial charge in [-0.05, 0) is 0 Å². The predicted octanol–water partition coefficient (Wildman–Crippen LogP) is -0.602. The van der Waals surface area contributed by atoms with Crippen molar-refractivity contribution >= 4 is 26.8 Å². The molecule has 0 fully saturated rings. The molecule has 0 spiro atoms. The van der Waals surface area contributed by atoms with E-state index in [1.165, 1.54) is 0 Å². The Morgan fingerprint density at radius 2 is 1.43 bits per heavy atom. The summed E-state index contributed by atoms with van der Waals surface area (Å²) in [6, 6.07) is 0. The van der Waals surface area contributed by atoms with Crippen molar-refractivity contribution in [3.8, 4) is 0 Å². The number of hydrogen-bond donors (Lipinski definition) is 2. The predicted molar refractivity (Wildman–Crippen MR) is 20.3 cm³/mol. The molecule has 0 aliphatic carbocycles. The number of rotatable bonds is 0. The van der Waals surface area contributed by atoms with E-state index in [0.29, 0.717) is 0 Å². The molecule has 2 N–H and O–H groups in total. The van der Waals surface area contributed by atoms with Gasteiger partial charge in [-0.2, -0.15) is 0 Å². The van der Waals surface area contributed by atoms with Crippen LogP contribution in [-0.2, 0) is 23.1 Å². The van der Waals surface area contributed by atoms with Crippen molar-refractivity contribution < 1.29 is 37.1 Å². The first-order valence-electron chi connectivity index (χ1n) is 0.752. The zero-order valence-corrected chi connectivity index (χ0v) is 4.87. The molecule has 0 atom stereocenters. The monoisotopic (exact) mass is 159 g/mol. The zero-order chi connectivity index (χ0) is 4.50. The summed E-state index contributed by atoms with van der Waals surface area (Å²) >= 11 is 0. The normalized spacial score (nSPS) is 8.43. The maximum atomic E-state index is 10.4. The SMILES string of the molecule is O=P(O)(O)F.[LiH].[V]. The van der Waals surface area contributed by atoms with Crippen molar-refractivity contribution in [1.29, 1.82) is 0 Å². The van der Waals surface area contributed by atoms with Crippen LogP contribution in [0.4, 0.5) is 4.20 Å². The van der Waals surface area contributed by atoms with Crippen molar-refractivity contribution in [3.63, 3.8) is 0 Å². The van der Waals surface area contributed by atoms with Crippen LogP contribution in [0.2, 0.25) is 0 Å². The maximum absolute atomic E-state index is 10.4. The quantitative estimate of drug-likeness (QED) is 0.366. The van der Waals surface area contributed by atoms with Crippen LogP contribution < -0.4 is 0 Å². The van der Waals surface area contributed by atoms with Crippen molar-refractivity contribution in [2.45, 2.75) is 0 Å². The smallest absolute Gasteiger partial charge is 0 e. The van der Waals surface area contributed by atoms with Crippen LogP contribution in [0.1, 0.15) is 0 Å². The Bertz CT molecular complexity index is 61.1. The summed E-state index contributed by atoms with van der Waals surface area (Å²) < 4.78 is 19.0. The summed E-state index contributed by atoms with van der Waals surface area (Å²) in [6.07, 6.45) is 0. The second-order valence-corrected chi connectivity index (χ2v) is 1.42. The van der Waals surface area contributed by atoms with Crippen LogP contribution in [0.25, 0.3) is 0 Å². The minimum Gasteiger partial charge on any atom is 0 e. The standard InChI is InChI=1S/FH2O3P.Li.V.H/c1-5(2,3)4;;;/h(H2,2,3,4);;;. The summed E-state index contributed by atoms with van der Waals surface area (Å²) in [5.41, 5.74) is 0. The molecule has 7 heavy (non-hydrogen) atoms. The van der Waals surface area contributed by atoms with Crippen LogP contribution >= 0.6 is 7.91 Å². The van der Waals surface area contributed by atoms with E-state index in [4.69, 9.17) is 14.4 Å². The van der Waals surface area contributed by atoms with E-state index in [1.807, 2.05) is 0 Å². The fourth-order valence-corrected chi connectivity index (χ4v) is 0. The van der Waals surface area contributed by atoms with Gasteiger partial charge in [0.1, 0.15) is 0 Å². The van der Waals surface area contributed by atoms with E-state index in [-0.39, 0.29) is 37.4 Å². The van der Waals surface area contributed by atoms with Gasteiger partial charge in [-0.25, -0.2) is 4.57 Å². The van der Waals surface area contributed by atoms with Crippen molar-refractivity contribution in [2.75, 3.05) is 0 Å². The minimum absolute atomic E-state index is 0. The van der Waals surface area contributed by atoms with Gasteiger partial charge in [0, 0.05) is 18.6 Å². The van der Waals surface area contributed by atoms with Gasteiger partial charge in [-0.3, -0.25) is 9.79 Å². The van der Waals surface area contributed by atoms with Crippen LogP contribution in [0, 0.1) is 0 Å². The van der Waals surface area contributed by atoms with E-state index in [1.54, 1.807) is 0 Å². The third-order valence-electron chi connectivity index (χ3n) is 0. The van der Waals surface area contributed by atoms with Gasteiger partial charge in [-0.15, -0.1) is 4.20 Å². The minimum atomic E-state index is -5.14. The Labute approximate surface area is 64.0 Å². The molecule has 0 bridgehead atoms. The topological polar surface area (TPSA) is 57.5 Å². The molecule has 0 rings (SSSR count). The van der Waals surface area contributed by atoms with E-state index in [9.17, 15) is 4.20 Å². The van der Waals surface area contributed by atoms with Crippen molar-refractivity contribution in [2.24, 2.45) is 0 Å². The maximum Gasteiger partial charge on any atom is 0 e. The van der Waals surface area contributed by atoms with Crippen LogP contribution in [-0.4, -0.2) is 28.6 Å². The number of halogens is 1. The summed E-state index contributed by atoms with van der Waals surface area (Å²) in [4.78, 5) is 13.9. The van der Waals surface area contributed by atoms with E-state index in [0.717, 1.165) is 0 Å². The molecule has 0 aliphatic heterocycles. The van der Waals surface area contributed by atoms with Crippen molar-refractivity contribution in [1.82, 2.24) is 0 Å². The fourth-order valence-electron chi connectivity index (χ4n) is 0. The van der Waals surface area contributed by atoms with Gasteiger partial charge in [0.25, 0.3) is 0 Å². The molecule has 0 amide bonds. The second-order valence-electron chi connectivity index (χ2n) is 0.473. The molecule has 7 heteroatoms. The Hall–Kier alpha value is 1.26. The van der Waals surface area contributed by atoms with Crippen LogP contribution in [0.15, 0.2) is 0 Å². The first-order chi connectivity index (χ1) is 2.00. The molecule has 0 heterocycles. The zero-order valence-electron chi connectivity index (χ0n) is 2.58. The fraction of sp³-hybridized carbons (Fsp3) is 0. The second kappa shape index (κ2) is 5.40. The first kappa shape index (κ1) is 15.7. The summed E-state index contributed by atoms with van der Waals surface area (Å²) in [6.45, 7) is 0. The Morgan fingerprint density at radius 1 is 1.43 bits per heavy atom. The van der Waals surface area contributed by atoms with Crippen LogP contribution in [0.5, 0.6) is 0 Å². The average Bonchev–Trinajstić information content (AvgIpc) is 0.722. The average molecular weight is 159 g/mol. The molecule has 0 aliphatic rings. The molecule has 39 valence electrons. The van der Waals surface area contributed by atoms with E-state index < -0.39 is 7.91 Å². The third kappa shape index (κ3) is 126. The van der Waals surface area contributed by atoms with Gasteiger partial charge in [0.15, 0.2) is 0 Å². The number of hydrogen-bond acceptors (Lipinski definition) is 1. The largest absolute Gasteiger partial charge is 0 e. The Morgan fingerprint density at radius 3 is 1.43 bits per heavy atom. The Kier molecular flexibility index (Phi) is 12.1. The van der Waals surface area contributed by atoms with Gasteiger partial charge >= 0.3 is 26.8 Å². The van der Waals surface area contributed by atoms with Crippen LogP contribution in [0.3, 0.4) is 0 Å². The van der Waals surface area contributed by atoms with E-state index >= 15 is 0 Å². The molecular formula is H3FLiO3PV. The summed E-state index contributed by atoms with van der Waals surface area (Å²) in [7, 11) is -5.14. The van der Waals surface area contributed by atoms with Gasteiger partial charge in [-0.1, -0.05) is 0 Å². The molecule has 0 unspecified atom stereocenters. The molecule has 0 aromatic rings. The molecular weight excluding hydrogens is 156 g/mol. The summed E-state index contributed by atoms with van der Waals surface area (Å²) in [5, 5.41) is 0. The summed E-state index contributed by atoms with van der Waals surface area (Å²) in [5.74, 6) is 0. The Balaban J connectivity index is -0.0000000800.